The van der Waals surface area contributed by atoms with E-state index in [1.165, 1.54) is 11.3 Å². The van der Waals surface area contributed by atoms with Gasteiger partial charge in [0.05, 0.1) is 17.8 Å². The van der Waals surface area contributed by atoms with E-state index in [4.69, 9.17) is 0 Å². The first kappa shape index (κ1) is 12.3. The van der Waals surface area contributed by atoms with Gasteiger partial charge in [-0.2, -0.15) is 0 Å². The maximum Gasteiger partial charge on any atom is 0.321 e. The molecule has 0 radical (unpaired) electrons. The summed E-state index contributed by atoms with van der Waals surface area (Å²) in [4.78, 5) is 15.9. The Labute approximate surface area is 104 Å². The highest BCUT2D eigenvalue weighted by Crippen LogP contribution is 2.29. The average Bonchev–Trinajstić information content (AvgIpc) is 2.89. The van der Waals surface area contributed by atoms with Crippen molar-refractivity contribution < 1.29 is 9.90 Å². The summed E-state index contributed by atoms with van der Waals surface area (Å²) in [7, 11) is 0. The van der Waals surface area contributed by atoms with Crippen LogP contribution in [0.5, 0.6) is 0 Å². The number of nitrogens with zero attached hydrogens (tertiary/aromatic N) is 1. The minimum absolute atomic E-state index is 0.00266. The van der Waals surface area contributed by atoms with Gasteiger partial charge in [0, 0.05) is 5.38 Å². The summed E-state index contributed by atoms with van der Waals surface area (Å²) in [6, 6.07) is -0.282. The van der Waals surface area contributed by atoms with Gasteiger partial charge < -0.3 is 10.4 Å². The SMILES string of the molecule is Cc1csc(NC(=O)NC2(CO)CCCC2)n1. The summed E-state index contributed by atoms with van der Waals surface area (Å²) < 4.78 is 0. The molecule has 5 nitrogen and oxygen atoms in total. The third-order valence-electron chi connectivity index (χ3n) is 3.08. The number of rotatable bonds is 3. The third kappa shape index (κ3) is 2.95. The van der Waals surface area contributed by atoms with Gasteiger partial charge in [-0.25, -0.2) is 9.78 Å². The van der Waals surface area contributed by atoms with Crippen molar-refractivity contribution in [2.45, 2.75) is 38.1 Å². The van der Waals surface area contributed by atoms with Crippen LogP contribution in [0.25, 0.3) is 0 Å². The molecule has 0 saturated heterocycles. The van der Waals surface area contributed by atoms with Crippen molar-refractivity contribution in [3.8, 4) is 0 Å². The number of aromatic nitrogens is 1. The van der Waals surface area contributed by atoms with Crippen LogP contribution in [0.4, 0.5) is 9.93 Å². The topological polar surface area (TPSA) is 74.2 Å². The van der Waals surface area contributed by atoms with Crippen LogP contribution in [0.15, 0.2) is 5.38 Å². The van der Waals surface area contributed by atoms with Gasteiger partial charge in [0.25, 0.3) is 0 Å². The van der Waals surface area contributed by atoms with Crippen LogP contribution in [0.1, 0.15) is 31.4 Å². The van der Waals surface area contributed by atoms with E-state index in [0.717, 1.165) is 31.4 Å². The van der Waals surface area contributed by atoms with Gasteiger partial charge in [-0.1, -0.05) is 12.8 Å². The van der Waals surface area contributed by atoms with Crippen molar-refractivity contribution in [1.82, 2.24) is 10.3 Å². The number of carbonyl (C=O) groups excluding carboxylic acids is 1. The minimum Gasteiger partial charge on any atom is -0.394 e. The molecular weight excluding hydrogens is 238 g/mol. The summed E-state index contributed by atoms with van der Waals surface area (Å²) >= 11 is 1.40. The van der Waals surface area contributed by atoms with Gasteiger partial charge in [-0.15, -0.1) is 11.3 Å². The Morgan fingerprint density at radius 1 is 1.59 bits per heavy atom. The zero-order chi connectivity index (χ0) is 12.3. The van der Waals surface area contributed by atoms with Gasteiger partial charge in [0.1, 0.15) is 0 Å². The number of carbonyl (C=O) groups is 1. The van der Waals surface area contributed by atoms with Crippen molar-refractivity contribution >= 4 is 22.5 Å². The average molecular weight is 255 g/mol. The zero-order valence-electron chi connectivity index (χ0n) is 9.82. The number of amides is 2. The molecule has 1 aliphatic carbocycles. The first-order valence-electron chi connectivity index (χ1n) is 5.76. The number of nitrogens with one attached hydrogen (secondary N) is 2. The molecule has 0 unspecified atom stereocenters. The number of thiazole rings is 1. The molecule has 2 amide bonds. The van der Waals surface area contributed by atoms with E-state index in [0.29, 0.717) is 5.13 Å². The van der Waals surface area contributed by atoms with Crippen molar-refractivity contribution in [2.75, 3.05) is 11.9 Å². The fourth-order valence-corrected chi connectivity index (χ4v) is 2.84. The summed E-state index contributed by atoms with van der Waals surface area (Å²) in [5.41, 5.74) is 0.458. The first-order valence-corrected chi connectivity index (χ1v) is 6.64. The van der Waals surface area contributed by atoms with Crippen LogP contribution >= 0.6 is 11.3 Å². The van der Waals surface area contributed by atoms with E-state index in [-0.39, 0.29) is 12.6 Å². The Balaban J connectivity index is 1.92. The lowest BCUT2D eigenvalue weighted by Crippen LogP contribution is -2.50. The molecular formula is C11H17N3O2S. The molecule has 1 heterocycles. The predicted molar refractivity (Wildman–Crippen MR) is 67.3 cm³/mol. The largest absolute Gasteiger partial charge is 0.394 e. The zero-order valence-corrected chi connectivity index (χ0v) is 10.6. The molecule has 0 aromatic carbocycles. The lowest BCUT2D eigenvalue weighted by atomic mass is 9.99. The Kier molecular flexibility index (Phi) is 3.63. The van der Waals surface area contributed by atoms with Crippen LogP contribution in [-0.2, 0) is 0 Å². The summed E-state index contributed by atoms with van der Waals surface area (Å²) in [6.45, 7) is 1.88. The minimum atomic E-state index is -0.434. The number of aliphatic hydroxyl groups excluding tert-OH is 1. The van der Waals surface area contributed by atoms with Crippen LogP contribution in [0, 0.1) is 6.92 Å². The van der Waals surface area contributed by atoms with Crippen molar-refractivity contribution in [2.24, 2.45) is 0 Å². The Morgan fingerprint density at radius 3 is 2.82 bits per heavy atom. The molecule has 3 N–H and O–H groups in total. The monoisotopic (exact) mass is 255 g/mol. The molecule has 17 heavy (non-hydrogen) atoms. The second kappa shape index (κ2) is 5.01. The molecule has 1 saturated carbocycles. The molecule has 0 spiro atoms. The molecule has 2 rings (SSSR count). The van der Waals surface area contributed by atoms with Gasteiger partial charge in [0.15, 0.2) is 5.13 Å². The van der Waals surface area contributed by atoms with Gasteiger partial charge in [-0.3, -0.25) is 5.32 Å². The van der Waals surface area contributed by atoms with Crippen LogP contribution in [0.3, 0.4) is 0 Å². The van der Waals surface area contributed by atoms with E-state index < -0.39 is 5.54 Å². The smallest absolute Gasteiger partial charge is 0.321 e. The number of aliphatic hydroxyl groups is 1. The van der Waals surface area contributed by atoms with Crippen molar-refractivity contribution in [3.63, 3.8) is 0 Å². The molecule has 1 aromatic rings. The fourth-order valence-electron chi connectivity index (χ4n) is 2.16. The maximum absolute atomic E-state index is 11.8. The summed E-state index contributed by atoms with van der Waals surface area (Å²) in [5.74, 6) is 0. The van der Waals surface area contributed by atoms with Crippen molar-refractivity contribution in [3.05, 3.63) is 11.1 Å². The number of aryl methyl sites for hydroxylation is 1. The predicted octanol–water partition coefficient (Wildman–Crippen LogP) is 1.88. The van der Waals surface area contributed by atoms with E-state index in [2.05, 4.69) is 15.6 Å². The lowest BCUT2D eigenvalue weighted by Gasteiger charge is -2.27. The number of anilines is 1. The van der Waals surface area contributed by atoms with Crippen LogP contribution < -0.4 is 10.6 Å². The number of hydrogen-bond acceptors (Lipinski definition) is 4. The summed E-state index contributed by atoms with van der Waals surface area (Å²) in [5, 5.41) is 17.4. The molecule has 1 aliphatic rings. The highest BCUT2D eigenvalue weighted by Gasteiger charge is 2.34. The Morgan fingerprint density at radius 2 is 2.29 bits per heavy atom. The Hall–Kier alpha value is -1.14. The highest BCUT2D eigenvalue weighted by atomic mass is 32.1. The molecule has 6 heteroatoms. The second-order valence-corrected chi connectivity index (χ2v) is 5.38. The Bertz CT molecular complexity index is 399. The second-order valence-electron chi connectivity index (χ2n) is 4.52. The first-order chi connectivity index (χ1) is 8.13. The standard InChI is InChI=1S/C11H17N3O2S/c1-8-6-17-10(12-8)13-9(16)14-11(7-15)4-2-3-5-11/h6,15H,2-5,7H2,1H3,(H2,12,13,14,16). The summed E-state index contributed by atoms with van der Waals surface area (Å²) in [6.07, 6.45) is 3.79. The quantitative estimate of drug-likeness (QED) is 0.772. The van der Waals surface area contributed by atoms with Crippen molar-refractivity contribution in [1.29, 1.82) is 0 Å². The van der Waals surface area contributed by atoms with Crippen LogP contribution in [0.2, 0.25) is 0 Å². The van der Waals surface area contributed by atoms with Gasteiger partial charge in [-0.05, 0) is 19.8 Å². The van der Waals surface area contributed by atoms with Gasteiger partial charge in [0.2, 0.25) is 0 Å². The van der Waals surface area contributed by atoms with E-state index in [1.54, 1.807) is 0 Å². The van der Waals surface area contributed by atoms with E-state index in [1.807, 2.05) is 12.3 Å². The molecule has 1 aromatic heterocycles. The van der Waals surface area contributed by atoms with E-state index in [9.17, 15) is 9.90 Å². The maximum atomic E-state index is 11.8. The molecule has 94 valence electrons. The number of urea groups is 1. The highest BCUT2D eigenvalue weighted by molar-refractivity contribution is 7.13. The fraction of sp³-hybridized carbons (Fsp3) is 0.636. The van der Waals surface area contributed by atoms with E-state index >= 15 is 0 Å². The van der Waals surface area contributed by atoms with Gasteiger partial charge >= 0.3 is 6.03 Å². The van der Waals surface area contributed by atoms with Crippen LogP contribution in [-0.4, -0.2) is 28.3 Å². The molecule has 1 fully saturated rings. The molecule has 0 bridgehead atoms. The normalized spacial score (nSPS) is 18.0. The lowest BCUT2D eigenvalue weighted by molar-refractivity contribution is 0.167. The number of hydrogen-bond donors (Lipinski definition) is 3. The molecule has 0 atom stereocenters. The molecule has 0 aliphatic heterocycles. The third-order valence-corrected chi connectivity index (χ3v) is 3.96.